The van der Waals surface area contributed by atoms with E-state index in [-0.39, 0.29) is 17.0 Å². The number of sulfonamides is 1. The molecule has 0 spiro atoms. The summed E-state index contributed by atoms with van der Waals surface area (Å²) >= 11 is 3.21. The molecule has 1 aromatic carbocycles. The fraction of sp³-hybridized carbons (Fsp3) is 0.500. The Hall–Kier alpha value is -0.580. The van der Waals surface area contributed by atoms with Crippen molar-refractivity contribution in [1.82, 2.24) is 15.2 Å². The Kier molecular flexibility index (Phi) is 5.69. The van der Waals surface area contributed by atoms with Crippen LogP contribution in [0.2, 0.25) is 0 Å². The van der Waals surface area contributed by atoms with Crippen LogP contribution in [0.25, 0.3) is 0 Å². The molecule has 1 aliphatic rings. The van der Waals surface area contributed by atoms with E-state index in [2.05, 4.69) is 26.1 Å². The number of hydrogen-bond acceptors (Lipinski definition) is 5. The molecule has 0 atom stereocenters. The van der Waals surface area contributed by atoms with Crippen LogP contribution in [-0.2, 0) is 21.3 Å². The van der Waals surface area contributed by atoms with E-state index < -0.39 is 15.8 Å². The Morgan fingerprint density at radius 1 is 1.38 bits per heavy atom. The quantitative estimate of drug-likeness (QED) is 0.790. The van der Waals surface area contributed by atoms with Gasteiger partial charge in [-0.25, -0.2) is 17.8 Å². The van der Waals surface area contributed by atoms with Crippen LogP contribution in [0.3, 0.4) is 0 Å². The molecule has 1 saturated heterocycles. The van der Waals surface area contributed by atoms with Crippen LogP contribution < -0.4 is 10.1 Å². The SMILES string of the molecule is CNCc1cc(Br)cc(S(=O)(=O)NN2CCOCC2)c1F. The van der Waals surface area contributed by atoms with Crippen molar-refractivity contribution in [2.75, 3.05) is 33.4 Å². The summed E-state index contributed by atoms with van der Waals surface area (Å²) in [5.74, 6) is -0.742. The molecule has 0 radical (unpaired) electrons. The van der Waals surface area contributed by atoms with Crippen molar-refractivity contribution in [2.24, 2.45) is 0 Å². The first kappa shape index (κ1) is 16.8. The molecule has 0 saturated carbocycles. The second-order valence-corrected chi connectivity index (χ2v) is 7.15. The maximum Gasteiger partial charge on any atom is 0.256 e. The molecular weight excluding hydrogens is 365 g/mol. The normalized spacial score (nSPS) is 17.1. The van der Waals surface area contributed by atoms with Gasteiger partial charge in [-0.3, -0.25) is 0 Å². The molecule has 2 N–H and O–H groups in total. The van der Waals surface area contributed by atoms with Gasteiger partial charge in [-0.1, -0.05) is 15.9 Å². The highest BCUT2D eigenvalue weighted by molar-refractivity contribution is 9.10. The Labute approximate surface area is 131 Å². The first-order chi connectivity index (χ1) is 9.94. The van der Waals surface area contributed by atoms with Crippen LogP contribution in [0.5, 0.6) is 0 Å². The molecule has 0 aromatic heterocycles. The van der Waals surface area contributed by atoms with E-state index in [1.165, 1.54) is 11.1 Å². The topological polar surface area (TPSA) is 70.7 Å². The van der Waals surface area contributed by atoms with Gasteiger partial charge in [-0.15, -0.1) is 4.83 Å². The summed E-state index contributed by atoms with van der Waals surface area (Å²) in [5.41, 5.74) is 0.286. The molecule has 6 nitrogen and oxygen atoms in total. The molecular formula is C12H17BrFN3O3S. The lowest BCUT2D eigenvalue weighted by Gasteiger charge is -2.26. The monoisotopic (exact) mass is 381 g/mol. The van der Waals surface area contributed by atoms with Gasteiger partial charge >= 0.3 is 0 Å². The van der Waals surface area contributed by atoms with Crippen molar-refractivity contribution in [3.8, 4) is 0 Å². The van der Waals surface area contributed by atoms with Gasteiger partial charge in [-0.2, -0.15) is 0 Å². The number of nitrogens with zero attached hydrogens (tertiary/aromatic N) is 1. The standard InChI is InChI=1S/C12H17BrFN3O3S/c1-15-8-9-6-10(13)7-11(12(9)14)21(18,19)16-17-2-4-20-5-3-17/h6-7,15-16H,2-5,8H2,1H3. The Morgan fingerprint density at radius 2 is 2.05 bits per heavy atom. The number of nitrogens with one attached hydrogen (secondary N) is 2. The van der Waals surface area contributed by atoms with Crippen molar-refractivity contribution in [1.29, 1.82) is 0 Å². The molecule has 1 heterocycles. The third-order valence-corrected chi connectivity index (χ3v) is 4.83. The average molecular weight is 382 g/mol. The third kappa shape index (κ3) is 4.21. The Morgan fingerprint density at radius 3 is 2.67 bits per heavy atom. The third-order valence-electron chi connectivity index (χ3n) is 3.00. The molecule has 1 aliphatic heterocycles. The van der Waals surface area contributed by atoms with Gasteiger partial charge in [0.15, 0.2) is 0 Å². The second-order valence-electron chi connectivity index (χ2n) is 4.60. The Balaban J connectivity index is 2.30. The molecule has 0 bridgehead atoms. The summed E-state index contributed by atoms with van der Waals surface area (Å²) in [6.45, 7) is 1.98. The highest BCUT2D eigenvalue weighted by Crippen LogP contribution is 2.24. The van der Waals surface area contributed by atoms with Crippen LogP contribution in [0.15, 0.2) is 21.5 Å². The first-order valence-electron chi connectivity index (χ1n) is 6.41. The summed E-state index contributed by atoms with van der Waals surface area (Å²) in [5, 5.41) is 4.32. The van der Waals surface area contributed by atoms with E-state index in [9.17, 15) is 12.8 Å². The van der Waals surface area contributed by atoms with Crippen LogP contribution in [0.4, 0.5) is 4.39 Å². The van der Waals surface area contributed by atoms with Crippen molar-refractivity contribution < 1.29 is 17.5 Å². The molecule has 21 heavy (non-hydrogen) atoms. The predicted molar refractivity (Wildman–Crippen MR) is 79.6 cm³/mol. The molecule has 1 fully saturated rings. The van der Waals surface area contributed by atoms with Gasteiger partial charge in [0.1, 0.15) is 10.7 Å². The van der Waals surface area contributed by atoms with Gasteiger partial charge in [0.25, 0.3) is 10.0 Å². The number of hydrogen-bond donors (Lipinski definition) is 2. The minimum atomic E-state index is -3.97. The van der Waals surface area contributed by atoms with Gasteiger partial charge in [-0.05, 0) is 19.2 Å². The fourth-order valence-electron chi connectivity index (χ4n) is 2.01. The molecule has 0 unspecified atom stereocenters. The molecule has 0 aliphatic carbocycles. The summed E-state index contributed by atoms with van der Waals surface area (Å²) in [6, 6.07) is 2.82. The van der Waals surface area contributed by atoms with E-state index >= 15 is 0 Å². The number of halogens is 2. The van der Waals surface area contributed by atoms with Gasteiger partial charge in [0.2, 0.25) is 0 Å². The smallest absolute Gasteiger partial charge is 0.256 e. The number of hydrazine groups is 1. The summed E-state index contributed by atoms with van der Waals surface area (Å²) in [6.07, 6.45) is 0. The van der Waals surface area contributed by atoms with Crippen molar-refractivity contribution in [3.05, 3.63) is 28.0 Å². The number of rotatable bonds is 5. The number of benzene rings is 1. The largest absolute Gasteiger partial charge is 0.379 e. The lowest BCUT2D eigenvalue weighted by atomic mass is 10.2. The molecule has 9 heteroatoms. The zero-order chi connectivity index (χ0) is 15.5. The lowest BCUT2D eigenvalue weighted by Crippen LogP contribution is -2.48. The summed E-state index contributed by atoms with van der Waals surface area (Å²) in [7, 11) is -2.30. The van der Waals surface area contributed by atoms with E-state index in [4.69, 9.17) is 4.74 Å². The highest BCUT2D eigenvalue weighted by atomic mass is 79.9. The van der Waals surface area contributed by atoms with E-state index in [0.29, 0.717) is 30.8 Å². The van der Waals surface area contributed by atoms with Crippen LogP contribution >= 0.6 is 15.9 Å². The minimum absolute atomic E-state index is 0.241. The predicted octanol–water partition coefficient (Wildman–Crippen LogP) is 0.833. The summed E-state index contributed by atoms with van der Waals surface area (Å²) in [4.78, 5) is 2.03. The van der Waals surface area contributed by atoms with Crippen molar-refractivity contribution >= 4 is 26.0 Å². The fourth-order valence-corrected chi connectivity index (χ4v) is 3.93. The van der Waals surface area contributed by atoms with Crippen molar-refractivity contribution in [3.63, 3.8) is 0 Å². The molecule has 118 valence electrons. The number of ether oxygens (including phenoxy) is 1. The zero-order valence-electron chi connectivity index (χ0n) is 11.5. The maximum atomic E-state index is 14.4. The van der Waals surface area contributed by atoms with E-state index in [1.807, 2.05) is 0 Å². The van der Waals surface area contributed by atoms with Crippen LogP contribution in [0, 0.1) is 5.82 Å². The highest BCUT2D eigenvalue weighted by Gasteiger charge is 2.25. The van der Waals surface area contributed by atoms with Crippen LogP contribution in [0.1, 0.15) is 5.56 Å². The van der Waals surface area contributed by atoms with Crippen LogP contribution in [-0.4, -0.2) is 46.8 Å². The molecule has 2 rings (SSSR count). The maximum absolute atomic E-state index is 14.4. The number of morpholine rings is 1. The first-order valence-corrected chi connectivity index (χ1v) is 8.69. The van der Waals surface area contributed by atoms with Crippen molar-refractivity contribution in [2.45, 2.75) is 11.4 Å². The lowest BCUT2D eigenvalue weighted by molar-refractivity contribution is 0.0272. The van der Waals surface area contributed by atoms with E-state index in [0.717, 1.165) is 0 Å². The molecule has 0 amide bonds. The Bertz CT molecular complexity index is 606. The second kappa shape index (κ2) is 7.12. The van der Waals surface area contributed by atoms with E-state index in [1.54, 1.807) is 13.1 Å². The molecule has 1 aromatic rings. The zero-order valence-corrected chi connectivity index (χ0v) is 13.9. The van der Waals surface area contributed by atoms with Gasteiger partial charge in [0.05, 0.1) is 13.2 Å². The average Bonchev–Trinajstić information content (AvgIpc) is 2.43. The van der Waals surface area contributed by atoms with Gasteiger partial charge in [0, 0.05) is 29.7 Å². The minimum Gasteiger partial charge on any atom is -0.379 e. The summed E-state index contributed by atoms with van der Waals surface area (Å²) < 4.78 is 44.7. The van der Waals surface area contributed by atoms with Gasteiger partial charge < -0.3 is 10.1 Å².